The molecule has 1 fully saturated rings. The molecule has 6 nitrogen and oxygen atoms in total. The molecule has 2 aromatic rings. The number of benzene rings is 1. The van der Waals surface area contributed by atoms with Gasteiger partial charge in [0.25, 0.3) is 0 Å². The third-order valence-corrected chi connectivity index (χ3v) is 8.21. The van der Waals surface area contributed by atoms with Crippen LogP contribution < -0.4 is 4.90 Å². The molecular formula is C22H28F4N4O2S. The summed E-state index contributed by atoms with van der Waals surface area (Å²) >= 11 is 0. The smallest absolute Gasteiger partial charge is 0.361 e. The van der Waals surface area contributed by atoms with E-state index in [1.807, 2.05) is 11.9 Å². The van der Waals surface area contributed by atoms with Gasteiger partial charge < -0.3 is 9.47 Å². The molecule has 0 saturated heterocycles. The van der Waals surface area contributed by atoms with Gasteiger partial charge in [-0.05, 0) is 36.5 Å². The van der Waals surface area contributed by atoms with E-state index in [0.29, 0.717) is 33.6 Å². The molecular weight excluding hydrogens is 460 g/mol. The summed E-state index contributed by atoms with van der Waals surface area (Å²) in [7, 11) is -3.74. The van der Waals surface area contributed by atoms with Gasteiger partial charge in [0.15, 0.2) is 0 Å². The predicted octanol–water partition coefficient (Wildman–Crippen LogP) is 4.57. The van der Waals surface area contributed by atoms with Crippen LogP contribution in [0.4, 0.5) is 23.2 Å². The summed E-state index contributed by atoms with van der Waals surface area (Å²) in [6.07, 6.45) is 9.12. The van der Waals surface area contributed by atoms with Crippen molar-refractivity contribution in [1.29, 1.82) is 0 Å². The summed E-state index contributed by atoms with van der Waals surface area (Å²) in [5.41, 5.74) is -3.98. The molecule has 0 bridgehead atoms. The number of hydrogen-bond donors (Lipinski definition) is 0. The lowest BCUT2D eigenvalue weighted by molar-refractivity contribution is -0.0492. The summed E-state index contributed by atoms with van der Waals surface area (Å²) in [4.78, 5) is 6.17. The number of anilines is 1. The van der Waals surface area contributed by atoms with Crippen LogP contribution in [0.3, 0.4) is 0 Å². The van der Waals surface area contributed by atoms with Gasteiger partial charge in [0.2, 0.25) is 0 Å². The second-order valence-electron chi connectivity index (χ2n) is 9.06. The molecule has 0 amide bonds. The maximum Gasteiger partial charge on any atom is 0.511 e. The first-order valence-corrected chi connectivity index (χ1v) is 12.6. The Balaban J connectivity index is 1.74. The van der Waals surface area contributed by atoms with Crippen molar-refractivity contribution in [3.05, 3.63) is 47.8 Å². The third kappa shape index (κ3) is 5.18. The van der Waals surface area contributed by atoms with Crippen LogP contribution in [0, 0.1) is 11.7 Å². The van der Waals surface area contributed by atoms with Crippen molar-refractivity contribution < 1.29 is 26.0 Å². The molecule has 2 heterocycles. The Morgan fingerprint density at radius 3 is 2.52 bits per heavy atom. The van der Waals surface area contributed by atoms with Gasteiger partial charge >= 0.3 is 15.5 Å². The predicted molar refractivity (Wildman–Crippen MR) is 116 cm³/mol. The summed E-state index contributed by atoms with van der Waals surface area (Å²) in [6, 6.07) is 3.25. The molecule has 2 aliphatic rings. The Morgan fingerprint density at radius 2 is 1.88 bits per heavy atom. The highest BCUT2D eigenvalue weighted by atomic mass is 32.2. The van der Waals surface area contributed by atoms with Crippen LogP contribution in [0.5, 0.6) is 0 Å². The lowest BCUT2D eigenvalue weighted by atomic mass is 9.97. The SMILES string of the molecule is Cn1cnc(CN2c3cc(F)ccc3CN(S(=O)(=O)C(F)(F)F)C[C@@H]2CCC2CCCC2)c1. The number of alkyl halides is 3. The number of nitrogens with zero attached hydrogens (tertiary/aromatic N) is 4. The third-order valence-electron chi connectivity index (χ3n) is 6.66. The van der Waals surface area contributed by atoms with Crippen LogP contribution in [0.15, 0.2) is 30.7 Å². The fourth-order valence-corrected chi connectivity index (χ4v) is 5.93. The van der Waals surface area contributed by atoms with Gasteiger partial charge in [-0.15, -0.1) is 0 Å². The monoisotopic (exact) mass is 488 g/mol. The highest BCUT2D eigenvalue weighted by Gasteiger charge is 2.51. The second-order valence-corrected chi connectivity index (χ2v) is 11.0. The molecule has 1 aromatic carbocycles. The van der Waals surface area contributed by atoms with Crippen LogP contribution in [0.25, 0.3) is 0 Å². The molecule has 33 heavy (non-hydrogen) atoms. The van der Waals surface area contributed by atoms with Crippen molar-refractivity contribution in [2.75, 3.05) is 11.4 Å². The summed E-state index contributed by atoms with van der Waals surface area (Å²) < 4.78 is 81.8. The summed E-state index contributed by atoms with van der Waals surface area (Å²) in [5.74, 6) is -0.0500. The molecule has 1 atom stereocenters. The van der Waals surface area contributed by atoms with E-state index < -0.39 is 33.9 Å². The molecule has 0 N–H and O–H groups in total. The number of halogens is 4. The lowest BCUT2D eigenvalue weighted by Gasteiger charge is -2.34. The summed E-state index contributed by atoms with van der Waals surface area (Å²) in [5, 5.41) is 0. The van der Waals surface area contributed by atoms with Crippen LogP contribution in [-0.4, -0.2) is 40.4 Å². The fourth-order valence-electron chi connectivity index (χ4n) is 4.96. The Labute approximate surface area is 191 Å². The van der Waals surface area contributed by atoms with E-state index in [1.54, 1.807) is 17.1 Å². The van der Waals surface area contributed by atoms with E-state index in [1.165, 1.54) is 12.1 Å². The van der Waals surface area contributed by atoms with Gasteiger partial charge in [0, 0.05) is 38.1 Å². The molecule has 1 aliphatic heterocycles. The molecule has 182 valence electrons. The van der Waals surface area contributed by atoms with Gasteiger partial charge in [0.1, 0.15) is 5.82 Å². The Bertz CT molecular complexity index is 1080. The highest BCUT2D eigenvalue weighted by Crippen LogP contribution is 2.37. The highest BCUT2D eigenvalue weighted by molar-refractivity contribution is 7.89. The standard InChI is InChI=1S/C22H28F4N4O2S/c1-28-12-19(27-15-28)13-30-20(9-6-16-4-2-3-5-16)14-29(33(31,32)22(24,25)26)11-17-7-8-18(23)10-21(17)30/h7-8,10,12,15-16,20H,2-6,9,11,13-14H2,1H3/t20-/m0/s1. The average molecular weight is 489 g/mol. The van der Waals surface area contributed by atoms with Gasteiger partial charge in [0.05, 0.1) is 18.6 Å². The first-order valence-electron chi connectivity index (χ1n) is 11.1. The maximum atomic E-state index is 14.3. The molecule has 0 spiro atoms. The molecule has 1 aliphatic carbocycles. The quantitative estimate of drug-likeness (QED) is 0.559. The van der Waals surface area contributed by atoms with Crippen molar-refractivity contribution in [3.63, 3.8) is 0 Å². The van der Waals surface area contributed by atoms with Gasteiger partial charge in [-0.2, -0.15) is 17.5 Å². The van der Waals surface area contributed by atoms with Crippen molar-refractivity contribution in [2.24, 2.45) is 13.0 Å². The van der Waals surface area contributed by atoms with E-state index in [9.17, 15) is 26.0 Å². The maximum absolute atomic E-state index is 14.3. The zero-order chi connectivity index (χ0) is 23.8. The van der Waals surface area contributed by atoms with E-state index in [2.05, 4.69) is 4.98 Å². The van der Waals surface area contributed by atoms with Crippen LogP contribution >= 0.6 is 0 Å². The molecule has 1 saturated carbocycles. The van der Waals surface area contributed by atoms with Crippen molar-refractivity contribution in [3.8, 4) is 0 Å². The van der Waals surface area contributed by atoms with Gasteiger partial charge in [-0.25, -0.2) is 17.8 Å². The van der Waals surface area contributed by atoms with E-state index >= 15 is 0 Å². The van der Waals surface area contributed by atoms with Crippen LogP contribution in [-0.2, 0) is 30.2 Å². The second kappa shape index (κ2) is 9.25. The van der Waals surface area contributed by atoms with E-state index in [-0.39, 0.29) is 13.1 Å². The lowest BCUT2D eigenvalue weighted by Crippen LogP contribution is -2.47. The first-order chi connectivity index (χ1) is 15.5. The number of aryl methyl sites for hydroxylation is 1. The fraction of sp³-hybridized carbons (Fsp3) is 0.591. The number of aromatic nitrogens is 2. The number of sulfonamides is 1. The van der Waals surface area contributed by atoms with Crippen molar-refractivity contribution >= 4 is 15.7 Å². The number of rotatable bonds is 6. The Kier molecular flexibility index (Phi) is 6.73. The minimum Gasteiger partial charge on any atom is -0.361 e. The molecule has 4 rings (SSSR count). The zero-order valence-corrected chi connectivity index (χ0v) is 19.2. The van der Waals surface area contributed by atoms with E-state index in [4.69, 9.17) is 0 Å². The minimum atomic E-state index is -5.54. The summed E-state index contributed by atoms with van der Waals surface area (Å²) in [6.45, 7) is -0.541. The molecule has 1 aromatic heterocycles. The average Bonchev–Trinajstić information content (AvgIpc) is 3.37. The van der Waals surface area contributed by atoms with Crippen LogP contribution in [0.2, 0.25) is 0 Å². The topological polar surface area (TPSA) is 58.4 Å². The number of hydrogen-bond acceptors (Lipinski definition) is 4. The minimum absolute atomic E-state index is 0.243. The van der Waals surface area contributed by atoms with Crippen LogP contribution in [0.1, 0.15) is 49.8 Å². The number of imidazole rings is 1. The normalized spacial score (nSPS) is 20.8. The Hall–Kier alpha value is -2.14. The van der Waals surface area contributed by atoms with Gasteiger partial charge in [-0.3, -0.25) is 0 Å². The molecule has 0 radical (unpaired) electrons. The molecule has 11 heteroatoms. The van der Waals surface area contributed by atoms with E-state index in [0.717, 1.165) is 38.2 Å². The molecule has 0 unspecified atom stereocenters. The largest absolute Gasteiger partial charge is 0.511 e. The number of fused-ring (bicyclic) bond motifs is 1. The Morgan fingerprint density at radius 1 is 1.15 bits per heavy atom. The zero-order valence-electron chi connectivity index (χ0n) is 18.4. The van der Waals surface area contributed by atoms with Crippen molar-refractivity contribution in [1.82, 2.24) is 13.9 Å². The van der Waals surface area contributed by atoms with Gasteiger partial charge in [-0.1, -0.05) is 31.7 Å². The van der Waals surface area contributed by atoms with Crippen molar-refractivity contribution in [2.45, 2.75) is 63.2 Å². The first kappa shape index (κ1) is 24.0.